The van der Waals surface area contributed by atoms with Crippen molar-refractivity contribution in [1.82, 2.24) is 0 Å². The van der Waals surface area contributed by atoms with Gasteiger partial charge in [-0.3, -0.25) is 4.57 Å². The highest BCUT2D eigenvalue weighted by molar-refractivity contribution is 7.53. The molecule has 22 heavy (non-hydrogen) atoms. The van der Waals surface area contributed by atoms with Gasteiger partial charge in [0.2, 0.25) is 0 Å². The van der Waals surface area contributed by atoms with Gasteiger partial charge in [0, 0.05) is 0 Å². The topological polar surface area (TPSA) is 57.5 Å². The van der Waals surface area contributed by atoms with Gasteiger partial charge < -0.3 is 9.79 Å². The van der Waals surface area contributed by atoms with Gasteiger partial charge in [0.1, 0.15) is 5.66 Å². The summed E-state index contributed by atoms with van der Waals surface area (Å²) >= 11 is 0. The highest BCUT2D eigenvalue weighted by Gasteiger charge is 2.32. The predicted octanol–water partition coefficient (Wildman–Crippen LogP) is 4.45. The standard InChI is InChI=1S/C18H23O3P/c1-5-15-7-6-8-18(22(19,20)21)17(15)11-16-13(3)9-12(2)10-14(16)4/h6-11,18H,5H2,1-4H3,(H2,19,20,21). The third kappa shape index (κ3) is 3.49. The van der Waals surface area contributed by atoms with E-state index < -0.39 is 13.3 Å². The minimum atomic E-state index is -4.22. The van der Waals surface area contributed by atoms with Crippen molar-refractivity contribution in [2.45, 2.75) is 39.8 Å². The molecule has 0 heterocycles. The molecule has 1 aromatic rings. The molecule has 4 heteroatoms. The first-order valence-corrected chi connectivity index (χ1v) is 9.14. The first-order chi connectivity index (χ1) is 10.2. The fourth-order valence-corrected chi connectivity index (χ4v) is 3.96. The Hall–Kier alpha value is -1.41. The molecule has 2 rings (SSSR count). The van der Waals surface area contributed by atoms with Crippen molar-refractivity contribution < 1.29 is 14.4 Å². The average molecular weight is 318 g/mol. The van der Waals surface area contributed by atoms with Gasteiger partial charge in [-0.15, -0.1) is 0 Å². The lowest BCUT2D eigenvalue weighted by atomic mass is 9.91. The summed E-state index contributed by atoms with van der Waals surface area (Å²) in [4.78, 5) is 19.4. The molecule has 0 fully saturated rings. The van der Waals surface area contributed by atoms with Gasteiger partial charge in [0.15, 0.2) is 0 Å². The Morgan fingerprint density at radius 1 is 1.18 bits per heavy atom. The second kappa shape index (κ2) is 6.37. The molecule has 0 amide bonds. The van der Waals surface area contributed by atoms with E-state index in [0.29, 0.717) is 0 Å². The van der Waals surface area contributed by atoms with Gasteiger partial charge in [-0.25, -0.2) is 0 Å². The maximum atomic E-state index is 11.8. The minimum Gasteiger partial charge on any atom is -0.324 e. The Kier molecular flexibility index (Phi) is 4.91. The van der Waals surface area contributed by atoms with Crippen molar-refractivity contribution in [2.24, 2.45) is 0 Å². The van der Waals surface area contributed by atoms with E-state index in [1.807, 2.05) is 32.9 Å². The van der Waals surface area contributed by atoms with Gasteiger partial charge in [0.25, 0.3) is 0 Å². The zero-order chi connectivity index (χ0) is 16.5. The van der Waals surface area contributed by atoms with E-state index in [4.69, 9.17) is 0 Å². The lowest BCUT2D eigenvalue weighted by molar-refractivity contribution is 0.369. The maximum absolute atomic E-state index is 11.8. The van der Waals surface area contributed by atoms with E-state index in [2.05, 4.69) is 19.1 Å². The molecule has 0 aliphatic heterocycles. The summed E-state index contributed by atoms with van der Waals surface area (Å²) in [6.07, 6.45) is 7.99. The van der Waals surface area contributed by atoms with Crippen molar-refractivity contribution in [3.05, 3.63) is 63.8 Å². The van der Waals surface area contributed by atoms with Gasteiger partial charge in [0.05, 0.1) is 0 Å². The van der Waals surface area contributed by atoms with E-state index in [-0.39, 0.29) is 0 Å². The highest BCUT2D eigenvalue weighted by atomic mass is 31.2. The number of hydrogen-bond acceptors (Lipinski definition) is 1. The van der Waals surface area contributed by atoms with Crippen molar-refractivity contribution in [1.29, 1.82) is 0 Å². The summed E-state index contributed by atoms with van der Waals surface area (Å²) in [7, 11) is -4.22. The summed E-state index contributed by atoms with van der Waals surface area (Å²) in [5, 5.41) is 0. The molecule has 0 aromatic heterocycles. The molecule has 1 aromatic carbocycles. The average Bonchev–Trinajstić information content (AvgIpc) is 2.41. The third-order valence-corrected chi connectivity index (χ3v) is 5.24. The van der Waals surface area contributed by atoms with Crippen LogP contribution >= 0.6 is 7.60 Å². The van der Waals surface area contributed by atoms with Crippen LogP contribution < -0.4 is 0 Å². The summed E-state index contributed by atoms with van der Waals surface area (Å²) < 4.78 is 11.8. The largest absolute Gasteiger partial charge is 0.336 e. The fourth-order valence-electron chi connectivity index (χ4n) is 3.03. The van der Waals surface area contributed by atoms with Crippen LogP contribution in [0, 0.1) is 20.8 Å². The van der Waals surface area contributed by atoms with Crippen LogP contribution in [0.2, 0.25) is 0 Å². The molecule has 1 atom stereocenters. The van der Waals surface area contributed by atoms with Crippen LogP contribution in [0.25, 0.3) is 6.08 Å². The number of benzene rings is 1. The summed E-state index contributed by atoms with van der Waals surface area (Å²) in [6.45, 7) is 8.13. The zero-order valence-electron chi connectivity index (χ0n) is 13.5. The highest BCUT2D eigenvalue weighted by Crippen LogP contribution is 2.49. The Morgan fingerprint density at radius 3 is 2.27 bits per heavy atom. The quantitative estimate of drug-likeness (QED) is 0.810. The van der Waals surface area contributed by atoms with Crippen molar-refractivity contribution >= 4 is 13.7 Å². The Morgan fingerprint density at radius 2 is 1.77 bits per heavy atom. The Bertz CT molecular complexity index is 697. The molecule has 0 radical (unpaired) electrons. The van der Waals surface area contributed by atoms with E-state index >= 15 is 0 Å². The van der Waals surface area contributed by atoms with Gasteiger partial charge in [-0.2, -0.15) is 0 Å². The molecule has 0 bridgehead atoms. The molecule has 0 spiro atoms. The molecular weight excluding hydrogens is 295 g/mol. The number of hydrogen-bond donors (Lipinski definition) is 2. The SMILES string of the molecule is CCC1=CC=CC(P(=O)(O)O)C1=Cc1c(C)cc(C)cc1C. The molecule has 1 aliphatic rings. The molecule has 1 unspecified atom stereocenters. The van der Waals surface area contributed by atoms with Gasteiger partial charge in [-0.1, -0.05) is 42.8 Å². The summed E-state index contributed by atoms with van der Waals surface area (Å²) in [6, 6.07) is 4.19. The Labute approximate surface area is 132 Å². The monoisotopic (exact) mass is 318 g/mol. The summed E-state index contributed by atoms with van der Waals surface area (Å²) in [5.41, 5.74) is 5.35. The molecule has 1 aliphatic carbocycles. The predicted molar refractivity (Wildman–Crippen MR) is 92.0 cm³/mol. The van der Waals surface area contributed by atoms with Crippen LogP contribution in [0.1, 0.15) is 35.6 Å². The van der Waals surface area contributed by atoms with Crippen LogP contribution in [-0.4, -0.2) is 15.4 Å². The van der Waals surface area contributed by atoms with Crippen molar-refractivity contribution in [2.75, 3.05) is 0 Å². The van der Waals surface area contributed by atoms with Crippen molar-refractivity contribution in [3.8, 4) is 0 Å². The van der Waals surface area contributed by atoms with E-state index in [0.717, 1.165) is 34.3 Å². The molecule has 3 nitrogen and oxygen atoms in total. The molecule has 0 saturated heterocycles. The van der Waals surface area contributed by atoms with E-state index in [1.54, 1.807) is 12.2 Å². The third-order valence-electron chi connectivity index (χ3n) is 4.06. The van der Waals surface area contributed by atoms with Crippen LogP contribution in [0.5, 0.6) is 0 Å². The minimum absolute atomic E-state index is 0.730. The fraction of sp³-hybridized carbons (Fsp3) is 0.333. The molecule has 118 valence electrons. The number of rotatable bonds is 3. The first-order valence-electron chi connectivity index (χ1n) is 7.46. The lowest BCUT2D eigenvalue weighted by Crippen LogP contribution is -2.13. The second-order valence-corrected chi connectivity index (χ2v) is 7.61. The smallest absolute Gasteiger partial charge is 0.324 e. The number of aryl methyl sites for hydroxylation is 3. The van der Waals surface area contributed by atoms with Crippen LogP contribution in [0.3, 0.4) is 0 Å². The van der Waals surface area contributed by atoms with Crippen LogP contribution in [0.4, 0.5) is 0 Å². The second-order valence-electron chi connectivity index (χ2n) is 5.88. The van der Waals surface area contributed by atoms with Gasteiger partial charge >= 0.3 is 7.60 Å². The van der Waals surface area contributed by atoms with Crippen molar-refractivity contribution in [3.63, 3.8) is 0 Å². The normalized spacial score (nSPS) is 20.4. The van der Waals surface area contributed by atoms with E-state index in [1.165, 1.54) is 5.56 Å². The number of allylic oxidation sites excluding steroid dienone is 5. The van der Waals surface area contributed by atoms with Crippen LogP contribution in [0.15, 0.2) is 41.5 Å². The lowest BCUT2D eigenvalue weighted by Gasteiger charge is -2.24. The Balaban J connectivity index is 2.62. The molecular formula is C18H23O3P. The molecule has 0 saturated carbocycles. The van der Waals surface area contributed by atoms with Crippen LogP contribution in [-0.2, 0) is 4.57 Å². The zero-order valence-corrected chi connectivity index (χ0v) is 14.4. The van der Waals surface area contributed by atoms with E-state index in [9.17, 15) is 14.4 Å². The first kappa shape index (κ1) is 17.0. The van der Waals surface area contributed by atoms with Gasteiger partial charge in [-0.05, 0) is 61.1 Å². The molecule has 2 N–H and O–H groups in total. The summed E-state index contributed by atoms with van der Waals surface area (Å²) in [5.74, 6) is 0. The maximum Gasteiger partial charge on any atom is 0.336 e.